The smallest absolute Gasteiger partial charge is 0.223 e. The predicted molar refractivity (Wildman–Crippen MR) is 119 cm³/mol. The Balaban J connectivity index is 1.33. The van der Waals surface area contributed by atoms with Crippen LogP contribution in [0.15, 0.2) is 58.4 Å². The number of carbonyl (C=O) groups excluding carboxylic acids is 1. The zero-order valence-electron chi connectivity index (χ0n) is 17.8. The highest BCUT2D eigenvalue weighted by Crippen LogP contribution is 2.32. The number of carbonyl (C=O) groups is 1. The first kappa shape index (κ1) is 21.4. The summed E-state index contributed by atoms with van der Waals surface area (Å²) in [5, 5.41) is 0. The molecule has 0 atom stereocenters. The molecule has 1 saturated heterocycles. The van der Waals surface area contributed by atoms with Crippen LogP contribution in [0.2, 0.25) is 0 Å². The van der Waals surface area contributed by atoms with Gasteiger partial charge in [-0.2, -0.15) is 0 Å². The van der Waals surface area contributed by atoms with Crippen LogP contribution in [0.3, 0.4) is 0 Å². The monoisotopic (exact) mass is 441 g/mol. The summed E-state index contributed by atoms with van der Waals surface area (Å²) in [6.45, 7) is 3.69. The van der Waals surface area contributed by atoms with Crippen LogP contribution >= 0.6 is 0 Å². The minimum absolute atomic E-state index is 0.0214. The molecule has 1 aliphatic carbocycles. The van der Waals surface area contributed by atoms with Crippen LogP contribution in [0.25, 0.3) is 11.1 Å². The van der Waals surface area contributed by atoms with Crippen molar-refractivity contribution in [3.05, 3.63) is 54.7 Å². The van der Waals surface area contributed by atoms with E-state index in [0.717, 1.165) is 42.9 Å². The van der Waals surface area contributed by atoms with Crippen molar-refractivity contribution in [1.82, 2.24) is 9.88 Å². The fourth-order valence-corrected chi connectivity index (χ4v) is 5.67. The number of pyridine rings is 1. The Morgan fingerprint density at radius 3 is 2.74 bits per heavy atom. The average Bonchev–Trinajstić information content (AvgIpc) is 3.22. The molecule has 1 amide bonds. The number of sulfone groups is 1. The maximum absolute atomic E-state index is 12.8. The average molecular weight is 442 g/mol. The van der Waals surface area contributed by atoms with Gasteiger partial charge in [0.05, 0.1) is 23.2 Å². The van der Waals surface area contributed by atoms with Gasteiger partial charge < -0.3 is 14.2 Å². The van der Waals surface area contributed by atoms with E-state index < -0.39 is 9.84 Å². The number of nitrogens with zero attached hydrogens (tertiary/aromatic N) is 3. The molecule has 0 aromatic carbocycles. The molecule has 0 saturated carbocycles. The lowest BCUT2D eigenvalue weighted by molar-refractivity contribution is -0.131. The molecule has 0 bridgehead atoms. The number of hydrogen-bond acceptors (Lipinski definition) is 6. The van der Waals surface area contributed by atoms with E-state index >= 15 is 0 Å². The van der Waals surface area contributed by atoms with Crippen molar-refractivity contribution >= 4 is 21.4 Å². The Morgan fingerprint density at radius 1 is 1.23 bits per heavy atom. The zero-order chi connectivity index (χ0) is 22.0. The van der Waals surface area contributed by atoms with Crippen molar-refractivity contribution in [3.63, 3.8) is 0 Å². The first-order valence-corrected chi connectivity index (χ1v) is 12.1. The van der Waals surface area contributed by atoms with Gasteiger partial charge in [-0.3, -0.25) is 9.78 Å². The number of fused-ring (bicyclic) bond motifs is 1. The minimum Gasteiger partial charge on any atom is -0.472 e. The molecule has 0 spiro atoms. The largest absolute Gasteiger partial charge is 0.472 e. The topological polar surface area (TPSA) is 83.7 Å². The Bertz CT molecular complexity index is 1130. The molecule has 164 valence electrons. The summed E-state index contributed by atoms with van der Waals surface area (Å²) in [5.41, 5.74) is 3.51. The molecule has 3 heterocycles. The van der Waals surface area contributed by atoms with Crippen LogP contribution in [-0.2, 0) is 14.6 Å². The van der Waals surface area contributed by atoms with Crippen molar-refractivity contribution in [3.8, 4) is 11.1 Å². The number of piperidine rings is 1. The summed E-state index contributed by atoms with van der Waals surface area (Å²) in [7, 11) is -1.77. The number of amides is 1. The van der Waals surface area contributed by atoms with Crippen molar-refractivity contribution in [2.24, 2.45) is 0 Å². The van der Waals surface area contributed by atoms with Gasteiger partial charge in [0.2, 0.25) is 5.91 Å². The molecule has 1 aromatic heterocycles. The summed E-state index contributed by atoms with van der Waals surface area (Å²) >= 11 is 0. The van der Waals surface area contributed by atoms with Gasteiger partial charge in [-0.05, 0) is 50.1 Å². The highest BCUT2D eigenvalue weighted by Gasteiger charge is 2.28. The standard InChI is InChI=1S/C23H27N3O4S/c1-17-15-20(5-10-24-17)26-11-6-19(7-12-26)25(2)23(27)9-14-31(28,29)22-4-3-18-16-30-13-8-21(18)22/h3-5,8,10,13,15-16,19H,6-7,9,11-12,14H2,1-2H3. The van der Waals surface area contributed by atoms with Gasteiger partial charge in [-0.1, -0.05) is 0 Å². The van der Waals surface area contributed by atoms with Crippen molar-refractivity contribution in [1.29, 1.82) is 0 Å². The van der Waals surface area contributed by atoms with Crippen LogP contribution < -0.4 is 4.90 Å². The summed E-state index contributed by atoms with van der Waals surface area (Å²) in [6.07, 6.45) is 6.48. The lowest BCUT2D eigenvalue weighted by Gasteiger charge is -2.38. The van der Waals surface area contributed by atoms with E-state index in [0.29, 0.717) is 5.56 Å². The fourth-order valence-electron chi connectivity index (χ4n) is 4.21. The van der Waals surface area contributed by atoms with Gasteiger partial charge >= 0.3 is 0 Å². The second-order valence-electron chi connectivity index (χ2n) is 8.07. The lowest BCUT2D eigenvalue weighted by Crippen LogP contribution is -2.46. The molecule has 31 heavy (non-hydrogen) atoms. The van der Waals surface area contributed by atoms with E-state index in [2.05, 4.69) is 16.0 Å². The number of rotatable bonds is 6. The van der Waals surface area contributed by atoms with Crippen LogP contribution in [0.1, 0.15) is 25.0 Å². The summed E-state index contributed by atoms with van der Waals surface area (Å²) in [6, 6.07) is 9.15. The van der Waals surface area contributed by atoms with Gasteiger partial charge in [0.15, 0.2) is 9.84 Å². The van der Waals surface area contributed by atoms with Crippen LogP contribution in [0.5, 0.6) is 0 Å². The molecule has 0 unspecified atom stereocenters. The first-order valence-electron chi connectivity index (χ1n) is 10.5. The second kappa shape index (κ2) is 8.70. The molecule has 1 fully saturated rings. The number of hydrogen-bond donors (Lipinski definition) is 0. The Morgan fingerprint density at radius 2 is 2.00 bits per heavy atom. The molecule has 7 nitrogen and oxygen atoms in total. The summed E-state index contributed by atoms with van der Waals surface area (Å²) in [4.78, 5) is 21.3. The van der Waals surface area contributed by atoms with Gasteiger partial charge in [0.1, 0.15) is 0 Å². The molecular formula is C23H27N3O4S. The van der Waals surface area contributed by atoms with E-state index in [-0.39, 0.29) is 29.0 Å². The van der Waals surface area contributed by atoms with Crippen LogP contribution in [-0.4, -0.2) is 56.1 Å². The molecule has 0 N–H and O–H groups in total. The van der Waals surface area contributed by atoms with E-state index in [4.69, 9.17) is 4.42 Å². The quantitative estimate of drug-likeness (QED) is 0.583. The molecule has 4 rings (SSSR count). The highest BCUT2D eigenvalue weighted by atomic mass is 32.2. The van der Waals surface area contributed by atoms with Gasteiger partial charge in [0, 0.05) is 61.3 Å². The molecule has 1 aromatic rings. The third-order valence-electron chi connectivity index (χ3n) is 6.07. The Labute approximate surface area is 182 Å². The molecule has 8 heteroatoms. The second-order valence-corrected chi connectivity index (χ2v) is 10.1. The third kappa shape index (κ3) is 4.58. The van der Waals surface area contributed by atoms with Gasteiger partial charge in [-0.25, -0.2) is 8.42 Å². The normalized spacial score (nSPS) is 15.4. The summed E-state index contributed by atoms with van der Waals surface area (Å²) < 4.78 is 30.7. The Kier molecular flexibility index (Phi) is 6.00. The first-order chi connectivity index (χ1) is 14.8. The van der Waals surface area contributed by atoms with Crippen molar-refractivity contribution in [2.45, 2.75) is 37.1 Å². The number of aromatic nitrogens is 1. The predicted octanol–water partition coefficient (Wildman–Crippen LogP) is 3.38. The van der Waals surface area contributed by atoms with Crippen LogP contribution in [0.4, 0.5) is 5.69 Å². The van der Waals surface area contributed by atoms with Crippen molar-refractivity contribution in [2.75, 3.05) is 30.8 Å². The Hall–Kier alpha value is -2.87. The maximum Gasteiger partial charge on any atom is 0.223 e. The molecular weight excluding hydrogens is 414 g/mol. The number of aryl methyl sites for hydroxylation is 1. The van der Waals surface area contributed by atoms with Crippen molar-refractivity contribution < 1.29 is 17.6 Å². The molecule has 3 aliphatic rings. The van der Waals surface area contributed by atoms with Gasteiger partial charge in [0.25, 0.3) is 0 Å². The highest BCUT2D eigenvalue weighted by molar-refractivity contribution is 7.91. The van der Waals surface area contributed by atoms with Crippen LogP contribution in [0, 0.1) is 6.92 Å². The molecule has 2 aliphatic heterocycles. The van der Waals surface area contributed by atoms with E-state index in [1.54, 1.807) is 30.1 Å². The zero-order valence-corrected chi connectivity index (χ0v) is 18.6. The summed E-state index contributed by atoms with van der Waals surface area (Å²) in [5.74, 6) is -0.330. The minimum atomic E-state index is -3.56. The fraction of sp³-hybridized carbons (Fsp3) is 0.391. The van der Waals surface area contributed by atoms with E-state index in [1.165, 1.54) is 12.5 Å². The number of anilines is 1. The SMILES string of the molecule is Cc1cc(N2CCC(N(C)C(=O)CCS(=O)(=O)c3ccc4coccc3-4)CC2)ccn1. The van der Waals surface area contributed by atoms with E-state index in [9.17, 15) is 13.2 Å². The third-order valence-corrected chi connectivity index (χ3v) is 7.84. The lowest BCUT2D eigenvalue weighted by atomic mass is 10.0. The van der Waals surface area contributed by atoms with Gasteiger partial charge in [-0.15, -0.1) is 0 Å². The molecule has 0 radical (unpaired) electrons. The maximum atomic E-state index is 12.8. The van der Waals surface area contributed by atoms with E-state index in [1.807, 2.05) is 19.2 Å².